The molecule has 4 N–H and O–H groups in total. The molecular weight excluding hydrogens is 522 g/mol. The summed E-state index contributed by atoms with van der Waals surface area (Å²) in [6.07, 6.45) is 0. The van der Waals surface area contributed by atoms with E-state index in [0.717, 1.165) is 10.0 Å². The van der Waals surface area contributed by atoms with Crippen LogP contribution in [0.1, 0.15) is 28.5 Å². The van der Waals surface area contributed by atoms with Crippen molar-refractivity contribution in [2.45, 2.75) is 20.4 Å². The minimum atomic E-state index is -0.484. The fourth-order valence-corrected chi connectivity index (χ4v) is 4.40. The average Bonchev–Trinajstić information content (AvgIpc) is 3.07. The number of benzene rings is 3. The van der Waals surface area contributed by atoms with E-state index >= 15 is 0 Å². The Morgan fingerprint density at radius 1 is 1.21 bits per heavy atom. The van der Waals surface area contributed by atoms with Gasteiger partial charge in [-0.2, -0.15) is 0 Å². The number of ether oxygens (including phenoxy) is 1. The number of halogens is 2. The van der Waals surface area contributed by atoms with Crippen LogP contribution in [0.25, 0.3) is 21.7 Å². The van der Waals surface area contributed by atoms with Crippen LogP contribution >= 0.6 is 28.3 Å². The molecule has 0 aliphatic heterocycles. The van der Waals surface area contributed by atoms with Crippen molar-refractivity contribution in [2.24, 2.45) is 16.0 Å². The Balaban J connectivity index is 0.00000324. The molecule has 1 heterocycles. The lowest BCUT2D eigenvalue weighted by Gasteiger charge is -2.12. The van der Waals surface area contributed by atoms with Crippen molar-refractivity contribution in [2.75, 3.05) is 6.61 Å². The summed E-state index contributed by atoms with van der Waals surface area (Å²) in [5, 5.41) is 28.3. The number of rotatable bonds is 5. The second-order valence-electron chi connectivity index (χ2n) is 7.45. The Hall–Kier alpha value is -3.43. The predicted octanol–water partition coefficient (Wildman–Crippen LogP) is 6.19. The van der Waals surface area contributed by atoms with Gasteiger partial charge in [-0.1, -0.05) is 52.3 Å². The number of hydrogen-bond acceptors (Lipinski definition) is 5. The maximum Gasteiger partial charge on any atom is 0.340 e. The van der Waals surface area contributed by atoms with Crippen molar-refractivity contribution >= 4 is 67.6 Å². The first-order valence-corrected chi connectivity index (χ1v) is 11.1. The number of phenolic OH excluding ortho intramolecular Hbond substituents is 1. The summed E-state index contributed by atoms with van der Waals surface area (Å²) in [6, 6.07) is 15.2. The SMILES string of the molecule is CCOC(=O)c1c(C)n(Cc2ccccc2)c2c(O)c(N=NC(=N)N)c3ccc(Br)cc3c12.Cl. The Bertz CT molecular complexity index is 1430. The normalized spacial score (nSPS) is 11.1. The highest BCUT2D eigenvalue weighted by atomic mass is 79.9. The second-order valence-corrected chi connectivity index (χ2v) is 8.36. The van der Waals surface area contributed by atoms with Gasteiger partial charge in [0.05, 0.1) is 17.7 Å². The average molecular weight is 545 g/mol. The molecule has 0 amide bonds. The molecule has 0 fully saturated rings. The van der Waals surface area contributed by atoms with Gasteiger partial charge in [-0.25, -0.2) is 4.79 Å². The maximum absolute atomic E-state index is 13.1. The van der Waals surface area contributed by atoms with E-state index < -0.39 is 11.9 Å². The molecule has 176 valence electrons. The number of aromatic hydroxyl groups is 1. The van der Waals surface area contributed by atoms with E-state index in [1.807, 2.05) is 47.9 Å². The van der Waals surface area contributed by atoms with Gasteiger partial charge in [-0.05, 0) is 36.9 Å². The number of nitrogens with two attached hydrogens (primary N) is 1. The lowest BCUT2D eigenvalue weighted by molar-refractivity contribution is 0.0527. The molecule has 10 heteroatoms. The minimum absolute atomic E-state index is 0. The highest BCUT2D eigenvalue weighted by Crippen LogP contribution is 2.47. The van der Waals surface area contributed by atoms with Crippen LogP contribution in [-0.2, 0) is 11.3 Å². The lowest BCUT2D eigenvalue weighted by atomic mass is 10.0. The summed E-state index contributed by atoms with van der Waals surface area (Å²) in [5.74, 6) is -1.10. The Morgan fingerprint density at radius 3 is 2.56 bits per heavy atom. The molecule has 1 aromatic heterocycles. The minimum Gasteiger partial charge on any atom is -0.504 e. The smallest absolute Gasteiger partial charge is 0.340 e. The van der Waals surface area contributed by atoms with Gasteiger partial charge in [-0.15, -0.1) is 22.6 Å². The van der Waals surface area contributed by atoms with E-state index in [0.29, 0.717) is 39.5 Å². The molecule has 34 heavy (non-hydrogen) atoms. The molecule has 3 aromatic carbocycles. The van der Waals surface area contributed by atoms with Crippen molar-refractivity contribution < 1.29 is 14.6 Å². The largest absolute Gasteiger partial charge is 0.504 e. The van der Waals surface area contributed by atoms with Gasteiger partial charge in [0.15, 0.2) is 5.75 Å². The van der Waals surface area contributed by atoms with Crippen molar-refractivity contribution in [3.05, 3.63) is 69.8 Å². The zero-order valence-electron chi connectivity index (χ0n) is 18.5. The van der Waals surface area contributed by atoms with Gasteiger partial charge in [0.2, 0.25) is 5.96 Å². The van der Waals surface area contributed by atoms with Crippen LogP contribution in [0.4, 0.5) is 5.69 Å². The summed E-state index contributed by atoms with van der Waals surface area (Å²) in [6.45, 7) is 4.22. The van der Waals surface area contributed by atoms with Gasteiger partial charge in [0, 0.05) is 27.5 Å². The van der Waals surface area contributed by atoms with Gasteiger partial charge in [0.25, 0.3) is 0 Å². The van der Waals surface area contributed by atoms with E-state index in [-0.39, 0.29) is 30.5 Å². The van der Waals surface area contributed by atoms with Crippen LogP contribution in [0.2, 0.25) is 0 Å². The zero-order chi connectivity index (χ0) is 23.7. The molecule has 0 radical (unpaired) electrons. The first-order chi connectivity index (χ1) is 15.8. The maximum atomic E-state index is 13.1. The van der Waals surface area contributed by atoms with Crippen LogP contribution in [-0.4, -0.2) is 28.2 Å². The highest BCUT2D eigenvalue weighted by molar-refractivity contribution is 9.10. The number of fused-ring (bicyclic) bond motifs is 3. The number of esters is 1. The van der Waals surface area contributed by atoms with Gasteiger partial charge in [-0.3, -0.25) is 5.41 Å². The second kappa shape index (κ2) is 10.2. The van der Waals surface area contributed by atoms with E-state index in [9.17, 15) is 9.90 Å². The van der Waals surface area contributed by atoms with E-state index in [1.165, 1.54) is 0 Å². The van der Waals surface area contributed by atoms with Crippen molar-refractivity contribution in [1.29, 1.82) is 5.41 Å². The molecular formula is C24H23BrClN5O3. The Labute approximate surface area is 210 Å². The Kier molecular flexibility index (Phi) is 7.58. The summed E-state index contributed by atoms with van der Waals surface area (Å²) in [7, 11) is 0. The molecule has 0 atom stereocenters. The van der Waals surface area contributed by atoms with Crippen LogP contribution in [0.15, 0.2) is 63.2 Å². The summed E-state index contributed by atoms with van der Waals surface area (Å²) in [4.78, 5) is 13.1. The first-order valence-electron chi connectivity index (χ1n) is 10.3. The molecule has 0 saturated carbocycles. The number of hydrogen-bond donors (Lipinski definition) is 3. The van der Waals surface area contributed by atoms with E-state index in [1.54, 1.807) is 19.1 Å². The number of carbonyl (C=O) groups excluding carboxylic acids is 1. The number of nitrogens with zero attached hydrogens (tertiary/aromatic N) is 3. The van der Waals surface area contributed by atoms with Crippen molar-refractivity contribution in [3.8, 4) is 5.75 Å². The fourth-order valence-electron chi connectivity index (χ4n) is 4.04. The molecule has 0 bridgehead atoms. The predicted molar refractivity (Wildman–Crippen MR) is 139 cm³/mol. The standard InChI is InChI=1S/C24H22BrN5O3.ClH/c1-3-33-23(32)18-13(2)30(12-14-7-5-4-6-8-14)21-19(18)17-11-15(25)9-10-16(17)20(22(21)31)28-29-24(26)27;/h4-11,31H,3,12H2,1-2H3,(H3,26,27);1H. The summed E-state index contributed by atoms with van der Waals surface area (Å²) in [5.41, 5.74) is 8.01. The number of phenols is 1. The van der Waals surface area contributed by atoms with Gasteiger partial charge < -0.3 is 20.1 Å². The molecule has 8 nitrogen and oxygen atoms in total. The third-order valence-corrected chi connectivity index (χ3v) is 5.89. The van der Waals surface area contributed by atoms with E-state index in [4.69, 9.17) is 15.9 Å². The van der Waals surface area contributed by atoms with Crippen LogP contribution in [0.5, 0.6) is 5.75 Å². The lowest BCUT2D eigenvalue weighted by Crippen LogP contribution is -2.08. The topological polar surface area (TPSA) is 126 Å². The summed E-state index contributed by atoms with van der Waals surface area (Å²) >= 11 is 3.50. The molecule has 4 rings (SSSR count). The monoisotopic (exact) mass is 543 g/mol. The third kappa shape index (κ3) is 4.49. The Morgan fingerprint density at radius 2 is 1.91 bits per heavy atom. The quantitative estimate of drug-likeness (QED) is 0.120. The van der Waals surface area contributed by atoms with Gasteiger partial charge >= 0.3 is 5.97 Å². The van der Waals surface area contributed by atoms with Crippen LogP contribution < -0.4 is 5.73 Å². The van der Waals surface area contributed by atoms with Crippen molar-refractivity contribution in [3.63, 3.8) is 0 Å². The summed E-state index contributed by atoms with van der Waals surface area (Å²) < 4.78 is 8.04. The van der Waals surface area contributed by atoms with E-state index in [2.05, 4.69) is 26.2 Å². The zero-order valence-corrected chi connectivity index (χ0v) is 20.9. The van der Waals surface area contributed by atoms with Crippen molar-refractivity contribution in [1.82, 2.24) is 4.57 Å². The number of aromatic nitrogens is 1. The number of nitrogens with one attached hydrogen (secondary N) is 1. The molecule has 0 aliphatic rings. The number of azo groups is 1. The highest BCUT2D eigenvalue weighted by Gasteiger charge is 2.28. The molecule has 0 saturated heterocycles. The molecule has 0 aliphatic carbocycles. The molecule has 0 spiro atoms. The van der Waals surface area contributed by atoms with Crippen LogP contribution in [0.3, 0.4) is 0 Å². The van der Waals surface area contributed by atoms with Gasteiger partial charge in [0.1, 0.15) is 5.69 Å². The van der Waals surface area contributed by atoms with Crippen LogP contribution in [0, 0.1) is 12.3 Å². The first kappa shape index (κ1) is 25.2. The molecule has 4 aromatic rings. The number of carbonyl (C=O) groups is 1. The number of guanidine groups is 1. The molecule has 0 unspecified atom stereocenters. The third-order valence-electron chi connectivity index (χ3n) is 5.40. The fraction of sp³-hybridized carbons (Fsp3) is 0.167.